The van der Waals surface area contributed by atoms with E-state index in [1.807, 2.05) is 25.7 Å². The van der Waals surface area contributed by atoms with Gasteiger partial charge in [-0.3, -0.25) is 0 Å². The summed E-state index contributed by atoms with van der Waals surface area (Å²) >= 11 is 0. The van der Waals surface area contributed by atoms with Crippen LogP contribution in [-0.4, -0.2) is 48.4 Å². The minimum Gasteiger partial charge on any atom is -0.487 e. The van der Waals surface area contributed by atoms with Crippen LogP contribution in [0.1, 0.15) is 52.7 Å². The molecule has 2 aliphatic rings. The van der Waals surface area contributed by atoms with Gasteiger partial charge in [-0.15, -0.1) is 0 Å². The maximum Gasteiger partial charge on any atom is 0.410 e. The predicted molar refractivity (Wildman–Crippen MR) is 104 cm³/mol. The fraction of sp³-hybridized carbons (Fsp3) is 0.667. The van der Waals surface area contributed by atoms with Crippen LogP contribution in [-0.2, 0) is 17.6 Å². The van der Waals surface area contributed by atoms with Gasteiger partial charge < -0.3 is 19.3 Å². The Morgan fingerprint density at radius 3 is 2.38 bits per heavy atom. The molecule has 144 valence electrons. The first-order valence-corrected chi connectivity index (χ1v) is 9.71. The van der Waals surface area contributed by atoms with Gasteiger partial charge in [0.2, 0.25) is 0 Å². The number of carbonyl (C=O) groups is 1. The number of nitrogens with zero attached hydrogens (tertiary/aromatic N) is 2. The maximum atomic E-state index is 12.4. The first-order valence-electron chi connectivity index (χ1n) is 9.71. The van der Waals surface area contributed by atoms with Crippen LogP contribution in [0.25, 0.3) is 0 Å². The van der Waals surface area contributed by atoms with Crippen molar-refractivity contribution >= 4 is 11.8 Å². The second kappa shape index (κ2) is 7.01. The van der Waals surface area contributed by atoms with E-state index in [1.165, 1.54) is 16.8 Å². The lowest BCUT2D eigenvalue weighted by atomic mass is 9.99. The zero-order valence-corrected chi connectivity index (χ0v) is 17.0. The number of anilines is 1. The Kier molecular flexibility index (Phi) is 5.09. The number of fused-ring (bicyclic) bond motifs is 2. The molecule has 0 fully saturated rings. The lowest BCUT2D eigenvalue weighted by Gasteiger charge is -2.38. The van der Waals surface area contributed by atoms with E-state index in [9.17, 15) is 4.79 Å². The summed E-state index contributed by atoms with van der Waals surface area (Å²) in [4.78, 5) is 16.7. The highest BCUT2D eigenvalue weighted by Crippen LogP contribution is 2.38. The molecule has 0 saturated carbocycles. The molecule has 0 aliphatic carbocycles. The van der Waals surface area contributed by atoms with Crippen LogP contribution in [0.4, 0.5) is 10.5 Å². The van der Waals surface area contributed by atoms with E-state index in [1.54, 1.807) is 0 Å². The second-order valence-electron chi connectivity index (χ2n) is 8.73. The van der Waals surface area contributed by atoms with E-state index in [-0.39, 0.29) is 12.2 Å². The fourth-order valence-electron chi connectivity index (χ4n) is 3.69. The third-order valence-electron chi connectivity index (χ3n) is 4.95. The third-order valence-corrected chi connectivity index (χ3v) is 4.95. The molecular formula is C21H32N2O3. The molecule has 3 rings (SSSR count). The summed E-state index contributed by atoms with van der Waals surface area (Å²) < 4.78 is 11.7. The Labute approximate surface area is 157 Å². The van der Waals surface area contributed by atoms with Crippen molar-refractivity contribution in [2.45, 2.75) is 72.1 Å². The molecule has 0 N–H and O–H groups in total. The Balaban J connectivity index is 1.82. The van der Waals surface area contributed by atoms with Crippen molar-refractivity contribution in [1.29, 1.82) is 0 Å². The van der Waals surface area contributed by atoms with Crippen molar-refractivity contribution in [3.05, 3.63) is 23.3 Å². The molecule has 1 unspecified atom stereocenters. The smallest absolute Gasteiger partial charge is 0.410 e. The summed E-state index contributed by atoms with van der Waals surface area (Å²) in [6.45, 7) is 14.6. The topological polar surface area (TPSA) is 42.0 Å². The molecule has 0 radical (unpaired) electrons. The molecule has 0 saturated heterocycles. The molecule has 0 aromatic heterocycles. The summed E-state index contributed by atoms with van der Waals surface area (Å²) in [5.74, 6) is 0.974. The van der Waals surface area contributed by atoms with E-state index in [0.29, 0.717) is 19.1 Å². The van der Waals surface area contributed by atoms with Crippen LogP contribution in [0.15, 0.2) is 12.1 Å². The van der Waals surface area contributed by atoms with Crippen molar-refractivity contribution in [1.82, 2.24) is 4.90 Å². The minimum atomic E-state index is -0.461. The zero-order valence-electron chi connectivity index (χ0n) is 17.0. The Hall–Kier alpha value is -1.91. The molecule has 0 spiro atoms. The van der Waals surface area contributed by atoms with Gasteiger partial charge in [0.15, 0.2) is 0 Å². The monoisotopic (exact) mass is 360 g/mol. The van der Waals surface area contributed by atoms with Crippen molar-refractivity contribution in [3.63, 3.8) is 0 Å². The molecule has 1 amide bonds. The van der Waals surface area contributed by atoms with Crippen LogP contribution in [0.3, 0.4) is 0 Å². The van der Waals surface area contributed by atoms with E-state index < -0.39 is 5.60 Å². The Morgan fingerprint density at radius 2 is 1.81 bits per heavy atom. The van der Waals surface area contributed by atoms with Crippen LogP contribution in [0.5, 0.6) is 5.75 Å². The van der Waals surface area contributed by atoms with Gasteiger partial charge in [-0.1, -0.05) is 0 Å². The second-order valence-corrected chi connectivity index (χ2v) is 8.73. The Bertz CT molecular complexity index is 679. The summed E-state index contributed by atoms with van der Waals surface area (Å²) in [7, 11) is 0. The van der Waals surface area contributed by atoms with E-state index >= 15 is 0 Å². The van der Waals surface area contributed by atoms with Crippen LogP contribution in [0.2, 0.25) is 0 Å². The molecule has 5 heteroatoms. The van der Waals surface area contributed by atoms with Gasteiger partial charge in [0.1, 0.15) is 17.5 Å². The van der Waals surface area contributed by atoms with Crippen molar-refractivity contribution in [2.75, 3.05) is 24.5 Å². The van der Waals surface area contributed by atoms with Gasteiger partial charge in [0.25, 0.3) is 0 Å². The lowest BCUT2D eigenvalue weighted by molar-refractivity contribution is 0.0258. The van der Waals surface area contributed by atoms with Crippen molar-refractivity contribution < 1.29 is 14.3 Å². The third kappa shape index (κ3) is 4.08. The average Bonchev–Trinajstić information content (AvgIpc) is 2.72. The standard InChI is InChI=1S/C21H32N2O3/c1-14(2)23-13-15(3)25-19-12-17-8-10-22(20(24)26-21(4,5)6)9-7-16(17)11-18(19)23/h11-12,14-15H,7-10,13H2,1-6H3. The number of carbonyl (C=O) groups excluding carboxylic acids is 1. The number of rotatable bonds is 1. The number of hydrogen-bond donors (Lipinski definition) is 0. The summed E-state index contributed by atoms with van der Waals surface area (Å²) in [5, 5.41) is 0. The molecule has 2 aliphatic heterocycles. The largest absolute Gasteiger partial charge is 0.487 e. The highest BCUT2D eigenvalue weighted by Gasteiger charge is 2.29. The maximum absolute atomic E-state index is 12.4. The van der Waals surface area contributed by atoms with Gasteiger partial charge in [-0.05, 0) is 77.6 Å². The first kappa shape index (κ1) is 18.9. The van der Waals surface area contributed by atoms with Crippen LogP contribution < -0.4 is 9.64 Å². The Morgan fingerprint density at radius 1 is 1.19 bits per heavy atom. The van der Waals surface area contributed by atoms with Gasteiger partial charge >= 0.3 is 6.09 Å². The van der Waals surface area contributed by atoms with Gasteiger partial charge in [0.05, 0.1) is 12.2 Å². The molecule has 26 heavy (non-hydrogen) atoms. The van der Waals surface area contributed by atoms with E-state index in [0.717, 1.165) is 25.1 Å². The lowest BCUT2D eigenvalue weighted by Crippen LogP contribution is -2.42. The predicted octanol–water partition coefficient (Wildman–Crippen LogP) is 4.02. The van der Waals surface area contributed by atoms with Crippen molar-refractivity contribution in [3.8, 4) is 5.75 Å². The quantitative estimate of drug-likeness (QED) is 0.759. The molecule has 1 atom stereocenters. The molecular weight excluding hydrogens is 328 g/mol. The summed E-state index contributed by atoms with van der Waals surface area (Å²) in [6, 6.07) is 4.89. The fourth-order valence-corrected chi connectivity index (χ4v) is 3.69. The molecule has 1 aromatic carbocycles. The van der Waals surface area contributed by atoms with E-state index in [4.69, 9.17) is 9.47 Å². The van der Waals surface area contributed by atoms with Crippen LogP contribution >= 0.6 is 0 Å². The zero-order chi connectivity index (χ0) is 19.1. The summed E-state index contributed by atoms with van der Waals surface area (Å²) in [5.41, 5.74) is 3.32. The molecule has 0 bridgehead atoms. The van der Waals surface area contributed by atoms with Gasteiger partial charge in [0, 0.05) is 19.1 Å². The van der Waals surface area contributed by atoms with E-state index in [2.05, 4.69) is 37.8 Å². The molecule has 5 nitrogen and oxygen atoms in total. The highest BCUT2D eigenvalue weighted by atomic mass is 16.6. The number of ether oxygens (including phenoxy) is 2. The minimum absolute atomic E-state index is 0.187. The SMILES string of the molecule is CC1CN(C(C)C)c2cc3c(cc2O1)CCN(C(=O)OC(C)(C)C)CC3. The number of hydrogen-bond acceptors (Lipinski definition) is 4. The normalized spacial score (nSPS) is 20.2. The molecule has 2 heterocycles. The van der Waals surface area contributed by atoms with Crippen molar-refractivity contribution in [2.24, 2.45) is 0 Å². The molecule has 1 aromatic rings. The van der Waals surface area contributed by atoms with Gasteiger partial charge in [-0.25, -0.2) is 4.79 Å². The summed E-state index contributed by atoms with van der Waals surface area (Å²) in [6.07, 6.45) is 1.65. The van der Waals surface area contributed by atoms with Crippen LogP contribution in [0, 0.1) is 0 Å². The first-order chi connectivity index (χ1) is 12.1. The number of benzene rings is 1. The van der Waals surface area contributed by atoms with Gasteiger partial charge in [-0.2, -0.15) is 0 Å². The number of amides is 1. The highest BCUT2D eigenvalue weighted by molar-refractivity contribution is 5.69. The average molecular weight is 360 g/mol.